The molecule has 3 atom stereocenters. The molecule has 3 amide bonds. The lowest BCUT2D eigenvalue weighted by atomic mass is 10.0. The van der Waals surface area contributed by atoms with Crippen LogP contribution in [0.3, 0.4) is 0 Å². The number of aromatic amines is 1. The van der Waals surface area contributed by atoms with E-state index in [1.54, 1.807) is 20.0 Å². The fraction of sp³-hybridized carbons (Fsp3) is 0.500. The molecule has 0 bridgehead atoms. The number of para-hydroxylation sites is 1. The average Bonchev–Trinajstić information content (AvgIpc) is 3.32. The third-order valence-corrected chi connectivity index (χ3v) is 6.21. The van der Waals surface area contributed by atoms with Crippen LogP contribution < -0.4 is 21.7 Å². The number of unbranched alkanes of at least 4 members (excludes halogenated alkanes) is 1. The number of hydrogen-bond donors (Lipinski definition) is 5. The van der Waals surface area contributed by atoms with Crippen LogP contribution in [0.25, 0.3) is 16.4 Å². The van der Waals surface area contributed by atoms with Gasteiger partial charge in [-0.1, -0.05) is 18.2 Å². The van der Waals surface area contributed by atoms with E-state index in [-0.39, 0.29) is 31.6 Å². The van der Waals surface area contributed by atoms with Crippen LogP contribution in [-0.2, 0) is 35.1 Å². The molecule has 222 valence electrons. The second kappa shape index (κ2) is 16.7. The Labute approximate surface area is 238 Å². The summed E-state index contributed by atoms with van der Waals surface area (Å²) in [6, 6.07) is 4.43. The Kier molecular flexibility index (Phi) is 13.4. The summed E-state index contributed by atoms with van der Waals surface area (Å²) < 4.78 is 5.24. The molecule has 0 aliphatic heterocycles. The SMILES string of the molecule is CC(=O)NCCCCC(NC(=O)C(N)Cc1c[nH]c2ccccc12)C(=O)NC(CCC(=O)C=[N+]=[N-])C(=O)OC(C)C. The molecule has 1 aromatic heterocycles. The van der Waals surface area contributed by atoms with Gasteiger partial charge < -0.3 is 36.9 Å². The summed E-state index contributed by atoms with van der Waals surface area (Å²) in [6.45, 7) is 5.09. The van der Waals surface area contributed by atoms with E-state index in [9.17, 15) is 24.0 Å². The Hall–Kier alpha value is -4.35. The number of benzene rings is 1. The predicted octanol–water partition coefficient (Wildman–Crippen LogP) is 0.915. The number of nitrogens with one attached hydrogen (secondary N) is 4. The maximum absolute atomic E-state index is 13.3. The first-order valence-electron chi connectivity index (χ1n) is 13.6. The molecule has 2 rings (SSSR count). The first-order valence-corrected chi connectivity index (χ1v) is 13.6. The number of nitrogens with two attached hydrogens (primary N) is 1. The highest BCUT2D eigenvalue weighted by atomic mass is 16.5. The summed E-state index contributed by atoms with van der Waals surface area (Å²) in [5.41, 5.74) is 16.6. The monoisotopic (exact) mass is 569 g/mol. The first kappa shape index (κ1) is 32.9. The Bertz CT molecular complexity index is 1270. The highest BCUT2D eigenvalue weighted by Crippen LogP contribution is 2.19. The van der Waals surface area contributed by atoms with Crippen LogP contribution in [-0.4, -0.2) is 76.2 Å². The zero-order valence-electron chi connectivity index (χ0n) is 23.6. The molecular weight excluding hydrogens is 530 g/mol. The number of nitrogens with zero attached hydrogens (tertiary/aromatic N) is 2. The zero-order chi connectivity index (χ0) is 30.4. The van der Waals surface area contributed by atoms with E-state index in [2.05, 4.69) is 25.7 Å². The number of fused-ring (bicyclic) bond motifs is 1. The molecule has 0 saturated heterocycles. The van der Waals surface area contributed by atoms with Crippen LogP contribution in [0.1, 0.15) is 58.4 Å². The summed E-state index contributed by atoms with van der Waals surface area (Å²) in [4.78, 5) is 67.9. The molecule has 1 heterocycles. The molecule has 13 nitrogen and oxygen atoms in total. The van der Waals surface area contributed by atoms with Crippen molar-refractivity contribution < 1.29 is 33.5 Å². The number of esters is 1. The number of aromatic nitrogens is 1. The maximum Gasteiger partial charge on any atom is 0.328 e. The summed E-state index contributed by atoms with van der Waals surface area (Å²) in [6.07, 6.45) is 3.19. The van der Waals surface area contributed by atoms with E-state index >= 15 is 0 Å². The predicted molar refractivity (Wildman–Crippen MR) is 152 cm³/mol. The van der Waals surface area contributed by atoms with Crippen molar-refractivity contribution in [2.75, 3.05) is 6.54 Å². The third-order valence-electron chi connectivity index (χ3n) is 6.21. The molecule has 6 N–H and O–H groups in total. The van der Waals surface area contributed by atoms with Crippen molar-refractivity contribution in [2.45, 2.75) is 83.5 Å². The third kappa shape index (κ3) is 11.3. The van der Waals surface area contributed by atoms with Crippen molar-refractivity contribution in [3.8, 4) is 0 Å². The van der Waals surface area contributed by atoms with Gasteiger partial charge in [-0.3, -0.25) is 19.2 Å². The average molecular weight is 570 g/mol. The normalized spacial score (nSPS) is 13.0. The Balaban J connectivity index is 2.14. The number of H-pyrrole nitrogens is 1. The van der Waals surface area contributed by atoms with Crippen LogP contribution in [0.5, 0.6) is 0 Å². The van der Waals surface area contributed by atoms with Crippen LogP contribution >= 0.6 is 0 Å². The van der Waals surface area contributed by atoms with Crippen LogP contribution in [0, 0.1) is 0 Å². The van der Waals surface area contributed by atoms with Gasteiger partial charge in [0.15, 0.2) is 0 Å². The number of carbonyl (C=O) groups excluding carboxylic acids is 5. The van der Waals surface area contributed by atoms with Gasteiger partial charge >= 0.3 is 12.2 Å². The molecule has 13 heteroatoms. The first-order chi connectivity index (χ1) is 19.5. The minimum atomic E-state index is -1.18. The van der Waals surface area contributed by atoms with E-state index in [1.165, 1.54) is 6.92 Å². The van der Waals surface area contributed by atoms with Gasteiger partial charge in [0.25, 0.3) is 0 Å². The summed E-state index contributed by atoms with van der Waals surface area (Å²) in [5, 5.41) is 8.91. The summed E-state index contributed by atoms with van der Waals surface area (Å²) >= 11 is 0. The molecule has 0 saturated carbocycles. The number of amides is 3. The Morgan fingerprint density at radius 2 is 1.76 bits per heavy atom. The number of rotatable bonds is 17. The van der Waals surface area contributed by atoms with E-state index < -0.39 is 47.8 Å². The van der Waals surface area contributed by atoms with Crippen LogP contribution in [0.4, 0.5) is 0 Å². The fourth-order valence-electron chi connectivity index (χ4n) is 4.17. The number of ether oxygens (including phenoxy) is 1. The maximum atomic E-state index is 13.3. The van der Waals surface area contributed by atoms with Gasteiger partial charge in [-0.15, -0.1) is 0 Å². The molecular formula is C28H39N7O6. The fourth-order valence-corrected chi connectivity index (χ4v) is 4.17. The number of hydrogen-bond acceptors (Lipinski definition) is 7. The van der Waals surface area contributed by atoms with E-state index in [4.69, 9.17) is 16.0 Å². The molecule has 0 aliphatic carbocycles. The minimum absolute atomic E-state index is 0.106. The van der Waals surface area contributed by atoms with Gasteiger partial charge in [0.05, 0.1) is 12.1 Å². The van der Waals surface area contributed by atoms with E-state index in [0.717, 1.165) is 16.5 Å². The van der Waals surface area contributed by atoms with Gasteiger partial charge in [0.2, 0.25) is 23.5 Å². The van der Waals surface area contributed by atoms with E-state index in [1.807, 2.05) is 24.3 Å². The smallest absolute Gasteiger partial charge is 0.328 e. The van der Waals surface area contributed by atoms with Crippen molar-refractivity contribution >= 4 is 46.6 Å². The van der Waals surface area contributed by atoms with Gasteiger partial charge in [0, 0.05) is 37.0 Å². The minimum Gasteiger partial charge on any atom is -0.461 e. The molecule has 3 unspecified atom stereocenters. The lowest BCUT2D eigenvalue weighted by Gasteiger charge is -2.24. The second-order valence-electron chi connectivity index (χ2n) is 10.0. The van der Waals surface area contributed by atoms with Gasteiger partial charge in [-0.05, 0) is 57.6 Å². The van der Waals surface area contributed by atoms with Crippen LogP contribution in [0.2, 0.25) is 0 Å². The molecule has 0 aliphatic rings. The topological polar surface area (TPSA) is 209 Å². The van der Waals surface area contributed by atoms with E-state index in [0.29, 0.717) is 25.6 Å². The second-order valence-corrected chi connectivity index (χ2v) is 10.0. The van der Waals surface area contributed by atoms with Crippen molar-refractivity contribution in [1.82, 2.24) is 20.9 Å². The Morgan fingerprint density at radius 3 is 2.44 bits per heavy atom. The van der Waals surface area contributed by atoms with Crippen molar-refractivity contribution in [3.05, 3.63) is 41.6 Å². The van der Waals surface area contributed by atoms with Crippen molar-refractivity contribution in [2.24, 2.45) is 5.73 Å². The highest BCUT2D eigenvalue weighted by Gasteiger charge is 2.30. The molecule has 0 radical (unpaired) electrons. The lowest BCUT2D eigenvalue weighted by Crippen LogP contribution is -2.55. The van der Waals surface area contributed by atoms with Gasteiger partial charge in [-0.2, -0.15) is 4.79 Å². The largest absolute Gasteiger partial charge is 0.461 e. The standard InChI is InChI=1S/C28H39N7O6/c1-17(2)41-28(40)25(12-11-20(37)16-33-30)35-27(39)24(10-6-7-13-31-18(3)36)34-26(38)22(29)14-19-15-32-23-9-5-4-8-21(19)23/h4-5,8-9,15-17,22,24-25,32H,6-7,10-14,29H2,1-3H3,(H,31,36)(H,34,38)(H,35,39). The quantitative estimate of drug-likeness (QED) is 0.0611. The molecule has 2 aromatic rings. The van der Waals surface area contributed by atoms with Crippen molar-refractivity contribution in [3.63, 3.8) is 0 Å². The van der Waals surface area contributed by atoms with Gasteiger partial charge in [-0.25, -0.2) is 4.79 Å². The molecule has 0 fully saturated rings. The molecule has 0 spiro atoms. The number of ketones is 1. The Morgan fingerprint density at radius 1 is 1.05 bits per heavy atom. The lowest BCUT2D eigenvalue weighted by molar-refractivity contribution is -0.152. The molecule has 1 aromatic carbocycles. The number of carbonyl (C=O) groups is 5. The zero-order valence-corrected chi connectivity index (χ0v) is 23.6. The summed E-state index contributed by atoms with van der Waals surface area (Å²) in [5.74, 6) is -2.66. The summed E-state index contributed by atoms with van der Waals surface area (Å²) in [7, 11) is 0. The highest BCUT2D eigenvalue weighted by molar-refractivity contribution is 6.25. The molecule has 41 heavy (non-hydrogen) atoms. The van der Waals surface area contributed by atoms with Crippen molar-refractivity contribution in [1.29, 1.82) is 0 Å². The van der Waals surface area contributed by atoms with Gasteiger partial charge in [0.1, 0.15) is 12.1 Å². The van der Waals surface area contributed by atoms with Crippen LogP contribution in [0.15, 0.2) is 30.5 Å². The number of Topliss-reactive ketones (excluding diaryl/α,β-unsaturated/α-hetero) is 1.